The van der Waals surface area contributed by atoms with E-state index in [0.29, 0.717) is 6.61 Å². The van der Waals surface area contributed by atoms with Crippen molar-refractivity contribution in [3.8, 4) is 22.6 Å². The van der Waals surface area contributed by atoms with Crippen molar-refractivity contribution in [1.29, 1.82) is 0 Å². The van der Waals surface area contributed by atoms with Crippen molar-refractivity contribution in [2.45, 2.75) is 33.6 Å². The second-order valence-electron chi connectivity index (χ2n) is 8.27. The maximum Gasteiger partial charge on any atom is 0.162 e. The van der Waals surface area contributed by atoms with Crippen LogP contribution in [0.1, 0.15) is 37.0 Å². The van der Waals surface area contributed by atoms with Crippen molar-refractivity contribution in [3.05, 3.63) is 72.2 Å². The Morgan fingerprint density at radius 3 is 2.62 bits per heavy atom. The standard InChI is InChI=1S/C28H32N4O2/c1-7-13-34-26-17-25(27(33-6)14-19(26)4)31(5)24-16-22(20(8-2)15-21(24)9-3)23-18-30-32-12-10-11-29-28(23)32/h9-12,14-18H,3,7-8,13H2,1-2,4-6H3. The topological polar surface area (TPSA) is 51.9 Å². The Bertz CT molecular complexity index is 1330. The zero-order chi connectivity index (χ0) is 24.2. The van der Waals surface area contributed by atoms with Gasteiger partial charge >= 0.3 is 0 Å². The number of aryl methyl sites for hydroxylation is 2. The molecule has 2 heterocycles. The fraction of sp³-hybridized carbons (Fsp3) is 0.286. The molecule has 0 saturated carbocycles. The van der Waals surface area contributed by atoms with E-state index in [4.69, 9.17) is 9.47 Å². The van der Waals surface area contributed by atoms with Crippen molar-refractivity contribution >= 4 is 23.1 Å². The Labute approximate surface area is 201 Å². The third-order valence-electron chi connectivity index (χ3n) is 6.08. The first-order valence-corrected chi connectivity index (χ1v) is 11.7. The fourth-order valence-corrected chi connectivity index (χ4v) is 4.24. The van der Waals surface area contributed by atoms with Crippen molar-refractivity contribution in [2.75, 3.05) is 25.7 Å². The van der Waals surface area contributed by atoms with Crippen LogP contribution in [0.2, 0.25) is 0 Å². The summed E-state index contributed by atoms with van der Waals surface area (Å²) in [4.78, 5) is 6.71. The van der Waals surface area contributed by atoms with Gasteiger partial charge in [-0.15, -0.1) is 0 Å². The third kappa shape index (κ3) is 4.23. The fourth-order valence-electron chi connectivity index (χ4n) is 4.24. The molecule has 0 amide bonds. The number of rotatable bonds is 9. The molecule has 0 N–H and O–H groups in total. The van der Waals surface area contributed by atoms with E-state index in [-0.39, 0.29) is 0 Å². The maximum atomic E-state index is 6.01. The molecule has 2 aromatic carbocycles. The van der Waals surface area contributed by atoms with Crippen LogP contribution < -0.4 is 14.4 Å². The van der Waals surface area contributed by atoms with Gasteiger partial charge in [-0.1, -0.05) is 26.5 Å². The van der Waals surface area contributed by atoms with E-state index in [1.807, 2.05) is 44.6 Å². The minimum Gasteiger partial charge on any atom is -0.495 e. The van der Waals surface area contributed by atoms with Crippen LogP contribution in [0, 0.1) is 6.92 Å². The first-order chi connectivity index (χ1) is 16.5. The molecule has 0 aliphatic heterocycles. The Kier molecular flexibility index (Phi) is 6.87. The zero-order valence-corrected chi connectivity index (χ0v) is 20.6. The maximum absolute atomic E-state index is 6.01. The summed E-state index contributed by atoms with van der Waals surface area (Å²) in [5.74, 6) is 1.65. The number of hydrogen-bond acceptors (Lipinski definition) is 5. The number of ether oxygens (including phenoxy) is 2. The van der Waals surface area contributed by atoms with Gasteiger partial charge in [0.25, 0.3) is 0 Å². The zero-order valence-electron chi connectivity index (χ0n) is 20.6. The molecule has 2 aromatic heterocycles. The second kappa shape index (κ2) is 10.00. The van der Waals surface area contributed by atoms with Gasteiger partial charge in [0.15, 0.2) is 5.65 Å². The molecule has 0 unspecified atom stereocenters. The molecular formula is C28H32N4O2. The second-order valence-corrected chi connectivity index (χ2v) is 8.27. The number of aromatic nitrogens is 3. The lowest BCUT2D eigenvalue weighted by Crippen LogP contribution is -2.13. The first kappa shape index (κ1) is 23.4. The van der Waals surface area contributed by atoms with E-state index < -0.39 is 0 Å². The summed E-state index contributed by atoms with van der Waals surface area (Å²) in [6.45, 7) is 11.1. The Morgan fingerprint density at radius 1 is 1.09 bits per heavy atom. The molecule has 34 heavy (non-hydrogen) atoms. The molecular weight excluding hydrogens is 424 g/mol. The minimum absolute atomic E-state index is 0.672. The largest absolute Gasteiger partial charge is 0.495 e. The summed E-state index contributed by atoms with van der Waals surface area (Å²) >= 11 is 0. The summed E-state index contributed by atoms with van der Waals surface area (Å²) in [6, 6.07) is 10.4. The molecule has 0 fully saturated rings. The van der Waals surface area contributed by atoms with E-state index in [0.717, 1.165) is 63.6 Å². The smallest absolute Gasteiger partial charge is 0.162 e. The number of hydrogen-bond donors (Lipinski definition) is 0. The lowest BCUT2D eigenvalue weighted by Gasteiger charge is -2.26. The van der Waals surface area contributed by atoms with E-state index in [1.54, 1.807) is 17.8 Å². The molecule has 0 spiro atoms. The van der Waals surface area contributed by atoms with Gasteiger partial charge in [-0.2, -0.15) is 5.10 Å². The van der Waals surface area contributed by atoms with Crippen LogP contribution in [-0.2, 0) is 6.42 Å². The van der Waals surface area contributed by atoms with E-state index in [1.165, 1.54) is 5.56 Å². The van der Waals surface area contributed by atoms with Crippen LogP contribution >= 0.6 is 0 Å². The summed E-state index contributed by atoms with van der Waals surface area (Å²) in [6.07, 6.45) is 9.33. The van der Waals surface area contributed by atoms with Gasteiger partial charge in [0.2, 0.25) is 0 Å². The molecule has 0 radical (unpaired) electrons. The number of methoxy groups -OCH3 is 1. The van der Waals surface area contributed by atoms with Crippen molar-refractivity contribution in [3.63, 3.8) is 0 Å². The van der Waals surface area contributed by atoms with Gasteiger partial charge in [-0.3, -0.25) is 0 Å². The average molecular weight is 457 g/mol. The molecule has 0 aliphatic carbocycles. The molecule has 176 valence electrons. The summed E-state index contributed by atoms with van der Waals surface area (Å²) in [5, 5.41) is 4.51. The van der Waals surface area contributed by atoms with Crippen LogP contribution in [0.5, 0.6) is 11.5 Å². The van der Waals surface area contributed by atoms with Crippen LogP contribution in [0.3, 0.4) is 0 Å². The van der Waals surface area contributed by atoms with E-state index in [2.05, 4.69) is 53.6 Å². The van der Waals surface area contributed by atoms with Crippen molar-refractivity contribution in [1.82, 2.24) is 14.6 Å². The van der Waals surface area contributed by atoms with Gasteiger partial charge in [0.1, 0.15) is 11.5 Å². The summed E-state index contributed by atoms with van der Waals surface area (Å²) in [7, 11) is 3.74. The molecule has 6 heteroatoms. The van der Waals surface area contributed by atoms with Gasteiger partial charge in [-0.05, 0) is 66.3 Å². The third-order valence-corrected chi connectivity index (χ3v) is 6.08. The van der Waals surface area contributed by atoms with Crippen LogP contribution in [0.4, 0.5) is 11.4 Å². The molecule has 0 bridgehead atoms. The Balaban J connectivity index is 1.89. The van der Waals surface area contributed by atoms with Crippen LogP contribution in [-0.4, -0.2) is 35.4 Å². The molecule has 4 rings (SSSR count). The number of nitrogens with zero attached hydrogens (tertiary/aromatic N) is 4. The minimum atomic E-state index is 0.672. The molecule has 0 saturated heterocycles. The van der Waals surface area contributed by atoms with Crippen LogP contribution in [0.15, 0.2) is 55.5 Å². The average Bonchev–Trinajstić information content (AvgIpc) is 3.30. The lowest BCUT2D eigenvalue weighted by atomic mass is 9.95. The molecule has 0 atom stereocenters. The Morgan fingerprint density at radius 2 is 1.91 bits per heavy atom. The first-order valence-electron chi connectivity index (χ1n) is 11.7. The van der Waals surface area contributed by atoms with Crippen molar-refractivity contribution in [2.24, 2.45) is 0 Å². The molecule has 0 aliphatic rings. The predicted octanol–water partition coefficient (Wildman–Crippen LogP) is 6.48. The highest BCUT2D eigenvalue weighted by molar-refractivity contribution is 5.86. The molecule has 4 aromatic rings. The van der Waals surface area contributed by atoms with Gasteiger partial charge in [-0.25, -0.2) is 9.50 Å². The van der Waals surface area contributed by atoms with Gasteiger partial charge in [0, 0.05) is 36.8 Å². The van der Waals surface area contributed by atoms with Crippen molar-refractivity contribution < 1.29 is 9.47 Å². The van der Waals surface area contributed by atoms with Gasteiger partial charge < -0.3 is 14.4 Å². The van der Waals surface area contributed by atoms with E-state index in [9.17, 15) is 0 Å². The highest BCUT2D eigenvalue weighted by Gasteiger charge is 2.20. The Hall–Kier alpha value is -3.80. The number of fused-ring (bicyclic) bond motifs is 1. The number of benzene rings is 2. The quantitative estimate of drug-likeness (QED) is 0.289. The van der Waals surface area contributed by atoms with Gasteiger partial charge in [0.05, 0.1) is 25.6 Å². The highest BCUT2D eigenvalue weighted by Crippen LogP contribution is 2.41. The monoisotopic (exact) mass is 456 g/mol. The highest BCUT2D eigenvalue weighted by atomic mass is 16.5. The predicted molar refractivity (Wildman–Crippen MR) is 139 cm³/mol. The SMILES string of the molecule is C=Cc1cc(CC)c(-c2cnn3cccnc23)cc1N(C)c1cc(OCCC)c(C)cc1OC. The normalized spacial score (nSPS) is 11.0. The van der Waals surface area contributed by atoms with Crippen LogP contribution in [0.25, 0.3) is 22.9 Å². The lowest BCUT2D eigenvalue weighted by molar-refractivity contribution is 0.314. The van der Waals surface area contributed by atoms with E-state index >= 15 is 0 Å². The summed E-state index contributed by atoms with van der Waals surface area (Å²) < 4.78 is 13.6. The number of anilines is 2. The summed E-state index contributed by atoms with van der Waals surface area (Å²) in [5.41, 5.74) is 8.20. The molecule has 6 nitrogen and oxygen atoms in total.